The van der Waals surface area contributed by atoms with Gasteiger partial charge in [-0.2, -0.15) is 13.2 Å². The van der Waals surface area contributed by atoms with Gasteiger partial charge in [-0.05, 0) is 48.7 Å². The molecule has 0 bridgehead atoms. The van der Waals surface area contributed by atoms with E-state index in [1.54, 1.807) is 12.1 Å². The molecule has 0 aromatic heterocycles. The number of carbonyl (C=O) groups excluding carboxylic acids is 1. The van der Waals surface area contributed by atoms with Crippen LogP contribution in [0.5, 0.6) is 5.75 Å². The summed E-state index contributed by atoms with van der Waals surface area (Å²) >= 11 is 0. The molecule has 0 aliphatic heterocycles. The van der Waals surface area contributed by atoms with E-state index in [1.165, 1.54) is 19.2 Å². The summed E-state index contributed by atoms with van der Waals surface area (Å²) < 4.78 is 77.3. The molecule has 2 aromatic carbocycles. The average molecular weight is 457 g/mol. The van der Waals surface area contributed by atoms with Crippen molar-refractivity contribution in [2.45, 2.75) is 43.7 Å². The third kappa shape index (κ3) is 5.69. The lowest BCUT2D eigenvalue weighted by atomic mass is 10.1. The van der Waals surface area contributed by atoms with Gasteiger partial charge in [0.15, 0.2) is 0 Å². The number of carbonyl (C=O) groups is 1. The summed E-state index contributed by atoms with van der Waals surface area (Å²) in [5, 5.41) is -0.575. The zero-order valence-corrected chi connectivity index (χ0v) is 17.6. The molecular weight excluding hydrogens is 435 g/mol. The van der Waals surface area contributed by atoms with Crippen molar-refractivity contribution in [2.75, 3.05) is 11.8 Å². The Morgan fingerprint density at radius 3 is 2.32 bits per heavy atom. The number of alkyl halides is 3. The number of benzene rings is 2. The van der Waals surface area contributed by atoms with Crippen molar-refractivity contribution in [3.63, 3.8) is 0 Å². The van der Waals surface area contributed by atoms with Gasteiger partial charge in [0.1, 0.15) is 12.4 Å². The van der Waals surface area contributed by atoms with Crippen LogP contribution >= 0.6 is 0 Å². The highest BCUT2D eigenvalue weighted by molar-refractivity contribution is 7.93. The third-order valence-corrected chi connectivity index (χ3v) is 6.93. The molecule has 0 radical (unpaired) electrons. The first-order valence-corrected chi connectivity index (χ1v) is 11.2. The molecule has 0 unspecified atom stereocenters. The fourth-order valence-electron chi connectivity index (χ4n) is 3.35. The lowest BCUT2D eigenvalue weighted by molar-refractivity contribution is -0.137. The maximum atomic E-state index is 13.2. The Labute approximate surface area is 178 Å². The molecule has 0 atom stereocenters. The largest absolute Gasteiger partial charge is 0.487 e. The van der Waals surface area contributed by atoms with Gasteiger partial charge in [0, 0.05) is 0 Å². The van der Waals surface area contributed by atoms with Crippen LogP contribution in [0, 0.1) is 0 Å². The van der Waals surface area contributed by atoms with Crippen LogP contribution in [0.3, 0.4) is 0 Å². The molecule has 1 fully saturated rings. The summed E-state index contributed by atoms with van der Waals surface area (Å²) in [4.78, 5) is 11.5. The van der Waals surface area contributed by atoms with Gasteiger partial charge >= 0.3 is 12.1 Å². The summed E-state index contributed by atoms with van der Waals surface area (Å²) in [6.07, 6.45) is -1.99. The zero-order chi connectivity index (χ0) is 22.6. The molecule has 1 N–H and O–H groups in total. The molecule has 3 rings (SSSR count). The zero-order valence-electron chi connectivity index (χ0n) is 16.7. The molecule has 2 aromatic rings. The summed E-state index contributed by atoms with van der Waals surface area (Å²) in [5.74, 6) is -0.748. The van der Waals surface area contributed by atoms with Crippen molar-refractivity contribution in [3.8, 4) is 5.75 Å². The Morgan fingerprint density at radius 1 is 1.10 bits per heavy atom. The minimum atomic E-state index is -4.61. The number of ether oxygens (including phenoxy) is 2. The number of hydrogen-bond donors (Lipinski definition) is 1. The maximum Gasteiger partial charge on any atom is 0.416 e. The molecule has 31 heavy (non-hydrogen) atoms. The number of halogens is 3. The Balaban J connectivity index is 1.83. The Bertz CT molecular complexity index is 1030. The van der Waals surface area contributed by atoms with E-state index in [0.717, 1.165) is 31.0 Å². The van der Waals surface area contributed by atoms with Crippen LogP contribution in [0.1, 0.15) is 47.2 Å². The number of nitrogens with one attached hydrogen (secondary N) is 1. The molecule has 1 aliphatic carbocycles. The predicted octanol–water partition coefficient (Wildman–Crippen LogP) is 4.76. The Hall–Kier alpha value is -2.75. The fraction of sp³-hybridized carbons (Fsp3) is 0.381. The maximum absolute atomic E-state index is 13.2. The normalized spacial score (nSPS) is 15.0. The second-order valence-corrected chi connectivity index (χ2v) is 9.20. The second kappa shape index (κ2) is 9.17. The van der Waals surface area contributed by atoms with E-state index in [1.807, 2.05) is 0 Å². The van der Waals surface area contributed by atoms with Gasteiger partial charge in [0.25, 0.3) is 0 Å². The van der Waals surface area contributed by atoms with E-state index in [2.05, 4.69) is 9.46 Å². The van der Waals surface area contributed by atoms with Crippen LogP contribution < -0.4 is 9.46 Å². The van der Waals surface area contributed by atoms with Crippen molar-refractivity contribution in [2.24, 2.45) is 0 Å². The number of methoxy groups -OCH3 is 1. The predicted molar refractivity (Wildman–Crippen MR) is 108 cm³/mol. The first kappa shape index (κ1) is 22.9. The van der Waals surface area contributed by atoms with Crippen LogP contribution in [-0.2, 0) is 27.5 Å². The molecule has 0 spiro atoms. The van der Waals surface area contributed by atoms with Gasteiger partial charge in [-0.1, -0.05) is 25.0 Å². The Morgan fingerprint density at radius 2 is 1.74 bits per heavy atom. The number of hydrogen-bond acceptors (Lipinski definition) is 5. The number of rotatable bonds is 7. The van der Waals surface area contributed by atoms with Crippen molar-refractivity contribution < 1.29 is 35.9 Å². The minimum Gasteiger partial charge on any atom is -0.487 e. The summed E-state index contributed by atoms with van der Waals surface area (Å²) in [6, 6.07) is 8.79. The van der Waals surface area contributed by atoms with Crippen molar-refractivity contribution >= 4 is 21.7 Å². The monoisotopic (exact) mass is 457 g/mol. The highest BCUT2D eigenvalue weighted by Gasteiger charge is 2.33. The van der Waals surface area contributed by atoms with E-state index in [-0.39, 0.29) is 18.0 Å². The molecule has 1 saturated carbocycles. The first-order chi connectivity index (χ1) is 14.6. The highest BCUT2D eigenvalue weighted by Crippen LogP contribution is 2.37. The van der Waals surface area contributed by atoms with Crippen LogP contribution in [0.2, 0.25) is 0 Å². The smallest absolute Gasteiger partial charge is 0.416 e. The lowest BCUT2D eigenvalue weighted by Gasteiger charge is -2.18. The summed E-state index contributed by atoms with van der Waals surface area (Å²) in [6.45, 7) is -0.124. The molecule has 6 nitrogen and oxygen atoms in total. The van der Waals surface area contributed by atoms with Crippen molar-refractivity contribution in [3.05, 3.63) is 59.2 Å². The Kier molecular flexibility index (Phi) is 6.78. The fourth-order valence-corrected chi connectivity index (χ4v) is 4.95. The van der Waals surface area contributed by atoms with Crippen molar-refractivity contribution in [1.82, 2.24) is 0 Å². The molecule has 168 valence electrons. The summed E-state index contributed by atoms with van der Waals surface area (Å²) in [7, 11) is -2.50. The molecule has 1 aliphatic rings. The summed E-state index contributed by atoms with van der Waals surface area (Å²) in [5.41, 5.74) is -0.108. The van der Waals surface area contributed by atoms with Crippen LogP contribution in [-0.4, -0.2) is 26.7 Å². The SMILES string of the molecule is COC(=O)c1ccc(COc2cc(C(F)(F)F)ccc2NS(=O)(=O)C2CCCC2)cc1. The standard InChI is InChI=1S/C21H22F3NO5S/c1-29-20(26)15-8-6-14(7-9-15)13-30-19-12-16(21(22,23)24)10-11-18(19)25-31(27,28)17-4-2-3-5-17/h6-12,17,25H,2-5,13H2,1H3. The average Bonchev–Trinajstić information content (AvgIpc) is 3.28. The topological polar surface area (TPSA) is 81.7 Å². The highest BCUT2D eigenvalue weighted by atomic mass is 32.2. The molecular formula is C21H22F3NO5S. The molecule has 0 amide bonds. The van der Waals surface area contributed by atoms with E-state index < -0.39 is 33.0 Å². The van der Waals surface area contributed by atoms with E-state index in [9.17, 15) is 26.4 Å². The van der Waals surface area contributed by atoms with E-state index >= 15 is 0 Å². The van der Waals surface area contributed by atoms with Crippen LogP contribution in [0.4, 0.5) is 18.9 Å². The van der Waals surface area contributed by atoms with Gasteiger partial charge < -0.3 is 9.47 Å². The number of anilines is 1. The minimum absolute atomic E-state index is 0.0499. The van der Waals surface area contributed by atoms with Crippen LogP contribution in [0.25, 0.3) is 0 Å². The second-order valence-electron chi connectivity index (χ2n) is 7.24. The molecule has 0 heterocycles. The van der Waals surface area contributed by atoms with Gasteiger partial charge in [0.05, 0.1) is 29.2 Å². The van der Waals surface area contributed by atoms with Gasteiger partial charge in [-0.15, -0.1) is 0 Å². The van der Waals surface area contributed by atoms with E-state index in [4.69, 9.17) is 4.74 Å². The van der Waals surface area contributed by atoms with Crippen molar-refractivity contribution in [1.29, 1.82) is 0 Å². The third-order valence-electron chi connectivity index (χ3n) is 5.07. The van der Waals surface area contributed by atoms with Gasteiger partial charge in [-0.3, -0.25) is 4.72 Å². The lowest BCUT2D eigenvalue weighted by Crippen LogP contribution is -2.25. The van der Waals surface area contributed by atoms with Crippen LogP contribution in [0.15, 0.2) is 42.5 Å². The van der Waals surface area contributed by atoms with Gasteiger partial charge in [-0.25, -0.2) is 13.2 Å². The molecule has 10 heteroatoms. The molecule has 0 saturated heterocycles. The quantitative estimate of drug-likeness (QED) is 0.607. The first-order valence-electron chi connectivity index (χ1n) is 9.63. The number of sulfonamides is 1. The number of esters is 1. The van der Waals surface area contributed by atoms with Gasteiger partial charge in [0.2, 0.25) is 10.0 Å². The van der Waals surface area contributed by atoms with E-state index in [0.29, 0.717) is 24.0 Å².